The summed E-state index contributed by atoms with van der Waals surface area (Å²) in [6.07, 6.45) is 5.04. The van der Waals surface area contributed by atoms with Crippen molar-refractivity contribution in [1.82, 2.24) is 9.97 Å². The van der Waals surface area contributed by atoms with E-state index in [4.69, 9.17) is 0 Å². The van der Waals surface area contributed by atoms with E-state index in [-0.39, 0.29) is 12.0 Å². The number of rotatable bonds is 4. The summed E-state index contributed by atoms with van der Waals surface area (Å²) in [5, 5.41) is 3.90. The van der Waals surface area contributed by atoms with Crippen molar-refractivity contribution in [2.24, 2.45) is 0 Å². The third-order valence-corrected chi connectivity index (χ3v) is 3.33. The highest BCUT2D eigenvalue weighted by Gasteiger charge is 2.12. The van der Waals surface area contributed by atoms with Gasteiger partial charge >= 0.3 is 5.97 Å². The molecule has 0 aromatic carbocycles. The minimum absolute atomic E-state index is 0.0790. The molecule has 0 bridgehead atoms. The van der Waals surface area contributed by atoms with Crippen LogP contribution in [-0.4, -0.2) is 23.0 Å². The summed E-state index contributed by atoms with van der Waals surface area (Å²) in [4.78, 5) is 20.0. The van der Waals surface area contributed by atoms with Crippen molar-refractivity contribution >= 4 is 22.4 Å². The Morgan fingerprint density at radius 3 is 3.00 bits per heavy atom. The Hall–Kier alpha value is -1.95. The van der Waals surface area contributed by atoms with E-state index in [1.165, 1.54) is 24.6 Å². The van der Waals surface area contributed by atoms with Gasteiger partial charge in [0.05, 0.1) is 19.3 Å². The SMILES string of the molecule is COC(=O)c1cnc(NC(C)c2cccnc2)s1. The number of hydrogen-bond donors (Lipinski definition) is 1. The smallest absolute Gasteiger partial charge is 0.349 e. The number of pyridine rings is 1. The monoisotopic (exact) mass is 263 g/mol. The van der Waals surface area contributed by atoms with Crippen molar-refractivity contribution in [3.8, 4) is 0 Å². The third kappa shape index (κ3) is 2.84. The van der Waals surface area contributed by atoms with Crippen molar-refractivity contribution in [3.05, 3.63) is 41.2 Å². The van der Waals surface area contributed by atoms with E-state index in [1.54, 1.807) is 12.4 Å². The molecule has 6 heteroatoms. The summed E-state index contributed by atoms with van der Waals surface area (Å²) in [6, 6.07) is 3.95. The molecule has 5 nitrogen and oxygen atoms in total. The number of hydrogen-bond acceptors (Lipinski definition) is 6. The third-order valence-electron chi connectivity index (χ3n) is 2.42. The number of nitrogens with zero attached hydrogens (tertiary/aromatic N) is 2. The first-order chi connectivity index (χ1) is 8.70. The molecule has 0 aliphatic carbocycles. The summed E-state index contributed by atoms with van der Waals surface area (Å²) in [7, 11) is 1.35. The zero-order valence-electron chi connectivity index (χ0n) is 10.1. The van der Waals surface area contributed by atoms with Gasteiger partial charge in [-0.05, 0) is 18.6 Å². The van der Waals surface area contributed by atoms with Gasteiger partial charge in [-0.1, -0.05) is 17.4 Å². The van der Waals surface area contributed by atoms with Crippen molar-refractivity contribution in [2.45, 2.75) is 13.0 Å². The molecule has 18 heavy (non-hydrogen) atoms. The second-order valence-corrected chi connectivity index (χ2v) is 4.70. The number of aromatic nitrogens is 2. The maximum atomic E-state index is 11.3. The van der Waals surface area contributed by atoms with E-state index in [1.807, 2.05) is 19.1 Å². The van der Waals surface area contributed by atoms with Gasteiger partial charge in [0.2, 0.25) is 0 Å². The number of esters is 1. The van der Waals surface area contributed by atoms with E-state index >= 15 is 0 Å². The molecule has 0 aliphatic rings. The first-order valence-corrected chi connectivity index (χ1v) is 6.23. The molecule has 0 fully saturated rings. The Morgan fingerprint density at radius 1 is 1.50 bits per heavy atom. The molecule has 1 atom stereocenters. The van der Waals surface area contributed by atoms with Gasteiger partial charge in [-0.2, -0.15) is 0 Å². The van der Waals surface area contributed by atoms with Crippen LogP contribution in [0.5, 0.6) is 0 Å². The van der Waals surface area contributed by atoms with Crippen LogP contribution in [0.2, 0.25) is 0 Å². The Balaban J connectivity index is 2.06. The van der Waals surface area contributed by atoms with Crippen LogP contribution in [0.3, 0.4) is 0 Å². The maximum Gasteiger partial charge on any atom is 0.349 e. The van der Waals surface area contributed by atoms with Gasteiger partial charge in [-0.15, -0.1) is 0 Å². The van der Waals surface area contributed by atoms with Gasteiger partial charge in [-0.3, -0.25) is 4.98 Å². The molecule has 0 saturated carbocycles. The maximum absolute atomic E-state index is 11.3. The lowest BCUT2D eigenvalue weighted by atomic mass is 10.1. The van der Waals surface area contributed by atoms with Crippen molar-refractivity contribution in [1.29, 1.82) is 0 Å². The van der Waals surface area contributed by atoms with Gasteiger partial charge in [0.25, 0.3) is 0 Å². The molecular weight excluding hydrogens is 250 g/mol. The molecule has 1 unspecified atom stereocenters. The number of thiazole rings is 1. The lowest BCUT2D eigenvalue weighted by Gasteiger charge is -2.12. The number of carbonyl (C=O) groups excluding carboxylic acids is 1. The highest BCUT2D eigenvalue weighted by atomic mass is 32.1. The van der Waals surface area contributed by atoms with Gasteiger partial charge in [0.1, 0.15) is 4.88 Å². The Kier molecular flexibility index (Phi) is 3.88. The summed E-state index contributed by atoms with van der Waals surface area (Å²) >= 11 is 1.27. The molecule has 2 heterocycles. The fourth-order valence-corrected chi connectivity index (χ4v) is 2.26. The predicted octanol–water partition coefficient (Wildman–Crippen LogP) is 2.50. The fraction of sp³-hybridized carbons (Fsp3) is 0.250. The molecule has 0 spiro atoms. The normalized spacial score (nSPS) is 11.9. The molecule has 0 saturated heterocycles. The lowest BCUT2D eigenvalue weighted by Crippen LogP contribution is -2.06. The number of nitrogens with one attached hydrogen (secondary N) is 1. The Labute approximate surface area is 109 Å². The van der Waals surface area contributed by atoms with Crippen LogP contribution < -0.4 is 5.32 Å². The van der Waals surface area contributed by atoms with Crippen molar-refractivity contribution in [3.63, 3.8) is 0 Å². The minimum Gasteiger partial charge on any atom is -0.465 e. The molecule has 0 amide bonds. The fourth-order valence-electron chi connectivity index (χ4n) is 1.44. The predicted molar refractivity (Wildman–Crippen MR) is 69.7 cm³/mol. The van der Waals surface area contributed by atoms with Crippen LogP contribution in [-0.2, 0) is 4.74 Å². The van der Waals surface area contributed by atoms with Crippen LogP contribution >= 0.6 is 11.3 Å². The van der Waals surface area contributed by atoms with Crippen LogP contribution in [0, 0.1) is 0 Å². The second kappa shape index (κ2) is 5.59. The van der Waals surface area contributed by atoms with E-state index in [2.05, 4.69) is 20.0 Å². The number of methoxy groups -OCH3 is 1. The summed E-state index contributed by atoms with van der Waals surface area (Å²) in [5.74, 6) is -0.366. The summed E-state index contributed by atoms with van der Waals surface area (Å²) in [5.41, 5.74) is 1.06. The second-order valence-electron chi connectivity index (χ2n) is 3.67. The zero-order valence-corrected chi connectivity index (χ0v) is 10.9. The number of ether oxygens (including phenoxy) is 1. The van der Waals surface area contributed by atoms with E-state index < -0.39 is 0 Å². The molecule has 2 rings (SSSR count). The zero-order chi connectivity index (χ0) is 13.0. The van der Waals surface area contributed by atoms with Crippen LogP contribution in [0.4, 0.5) is 5.13 Å². The molecule has 0 aliphatic heterocycles. The molecule has 94 valence electrons. The molecule has 2 aromatic heterocycles. The van der Waals surface area contributed by atoms with Gasteiger partial charge < -0.3 is 10.1 Å². The van der Waals surface area contributed by atoms with Crippen LogP contribution in [0.25, 0.3) is 0 Å². The van der Waals surface area contributed by atoms with Gasteiger partial charge in [-0.25, -0.2) is 9.78 Å². The minimum atomic E-state index is -0.366. The van der Waals surface area contributed by atoms with E-state index in [0.717, 1.165) is 5.56 Å². The summed E-state index contributed by atoms with van der Waals surface area (Å²) < 4.78 is 4.63. The van der Waals surface area contributed by atoms with Crippen LogP contribution in [0.15, 0.2) is 30.7 Å². The highest BCUT2D eigenvalue weighted by molar-refractivity contribution is 7.17. The van der Waals surface area contributed by atoms with E-state index in [9.17, 15) is 4.79 Å². The lowest BCUT2D eigenvalue weighted by molar-refractivity contribution is 0.0606. The molecule has 2 aromatic rings. The van der Waals surface area contributed by atoms with Crippen LogP contribution in [0.1, 0.15) is 28.2 Å². The Bertz CT molecular complexity index is 527. The Morgan fingerprint density at radius 2 is 2.33 bits per heavy atom. The standard InChI is InChI=1S/C12H13N3O2S/c1-8(9-4-3-5-13-6-9)15-12-14-7-10(18-12)11(16)17-2/h3-8H,1-2H3,(H,14,15). The quantitative estimate of drug-likeness (QED) is 0.859. The highest BCUT2D eigenvalue weighted by Crippen LogP contribution is 2.23. The first kappa shape index (κ1) is 12.5. The summed E-state index contributed by atoms with van der Waals surface area (Å²) in [6.45, 7) is 2.01. The van der Waals surface area contributed by atoms with E-state index in [0.29, 0.717) is 10.0 Å². The first-order valence-electron chi connectivity index (χ1n) is 5.41. The van der Waals surface area contributed by atoms with Crippen molar-refractivity contribution < 1.29 is 9.53 Å². The topological polar surface area (TPSA) is 64.1 Å². The largest absolute Gasteiger partial charge is 0.465 e. The van der Waals surface area contributed by atoms with Gasteiger partial charge in [0.15, 0.2) is 5.13 Å². The average molecular weight is 263 g/mol. The number of anilines is 1. The number of carbonyl (C=O) groups is 1. The molecular formula is C12H13N3O2S. The van der Waals surface area contributed by atoms with Crippen molar-refractivity contribution in [2.75, 3.05) is 12.4 Å². The average Bonchev–Trinajstić information content (AvgIpc) is 2.87. The molecule has 0 radical (unpaired) electrons. The molecule has 1 N–H and O–H groups in total. The van der Waals surface area contributed by atoms with Gasteiger partial charge in [0, 0.05) is 12.4 Å².